The van der Waals surface area contributed by atoms with E-state index in [9.17, 15) is 0 Å². The molecule has 72 valence electrons. The number of ether oxygens (including phenoxy) is 2. The molecule has 1 heterocycles. The molecule has 1 aromatic rings. The van der Waals surface area contributed by atoms with Gasteiger partial charge in [0.1, 0.15) is 0 Å². The molecule has 0 atom stereocenters. The Labute approximate surface area is 83.8 Å². The number of hydrogen-bond acceptors (Lipinski definition) is 2. The van der Waals surface area contributed by atoms with Crippen LogP contribution in [0.1, 0.15) is 19.4 Å². The fraction of sp³-hybridized carbons (Fsp3) is 0.333. The van der Waals surface area contributed by atoms with Gasteiger partial charge in [-0.05, 0) is 31.5 Å². The van der Waals surface area contributed by atoms with Crippen molar-refractivity contribution < 1.29 is 9.47 Å². The van der Waals surface area contributed by atoms with Crippen molar-refractivity contribution in [3.8, 4) is 23.8 Å². The van der Waals surface area contributed by atoms with E-state index in [0.29, 0.717) is 6.79 Å². The highest BCUT2D eigenvalue weighted by Gasteiger charge is 2.21. The summed E-state index contributed by atoms with van der Waals surface area (Å²) < 4.78 is 10.5. The predicted molar refractivity (Wildman–Crippen MR) is 54.4 cm³/mol. The molecule has 1 aliphatic rings. The van der Waals surface area contributed by atoms with E-state index in [1.807, 2.05) is 32.0 Å². The molecule has 0 amide bonds. The van der Waals surface area contributed by atoms with Gasteiger partial charge in [0.25, 0.3) is 0 Å². The third-order valence-corrected chi connectivity index (χ3v) is 2.46. The second kappa shape index (κ2) is 2.95. The molecule has 0 bridgehead atoms. The zero-order chi connectivity index (χ0) is 10.2. The average molecular weight is 188 g/mol. The van der Waals surface area contributed by atoms with Crippen LogP contribution in [0.3, 0.4) is 0 Å². The first-order valence-electron chi connectivity index (χ1n) is 4.51. The number of fused-ring (bicyclic) bond motifs is 1. The van der Waals surface area contributed by atoms with Crippen molar-refractivity contribution in [2.24, 2.45) is 0 Å². The molecular formula is C12H12O2. The SMILES string of the molecule is C#CC(C)(C)c1ccc2c(c1)OCO2. The molecule has 0 radical (unpaired) electrons. The van der Waals surface area contributed by atoms with Crippen LogP contribution in [0.15, 0.2) is 18.2 Å². The Kier molecular flexibility index (Phi) is 1.89. The molecule has 0 spiro atoms. The van der Waals surface area contributed by atoms with Gasteiger partial charge in [0.15, 0.2) is 11.5 Å². The maximum absolute atomic E-state index is 5.46. The van der Waals surface area contributed by atoms with Crippen molar-refractivity contribution in [3.63, 3.8) is 0 Å². The molecule has 0 aliphatic carbocycles. The molecule has 2 heteroatoms. The van der Waals surface area contributed by atoms with Gasteiger partial charge in [-0.3, -0.25) is 0 Å². The lowest BCUT2D eigenvalue weighted by Crippen LogP contribution is -2.13. The fourth-order valence-corrected chi connectivity index (χ4v) is 1.37. The minimum Gasteiger partial charge on any atom is -0.454 e. The van der Waals surface area contributed by atoms with Gasteiger partial charge in [0, 0.05) is 0 Å². The second-order valence-electron chi connectivity index (χ2n) is 3.84. The maximum Gasteiger partial charge on any atom is 0.231 e. The molecule has 0 saturated carbocycles. The largest absolute Gasteiger partial charge is 0.454 e. The summed E-state index contributed by atoms with van der Waals surface area (Å²) >= 11 is 0. The molecule has 2 nitrogen and oxygen atoms in total. The molecule has 1 aromatic carbocycles. The van der Waals surface area contributed by atoms with Gasteiger partial charge in [-0.1, -0.05) is 12.0 Å². The van der Waals surface area contributed by atoms with E-state index in [0.717, 1.165) is 17.1 Å². The Morgan fingerprint density at radius 1 is 1.29 bits per heavy atom. The van der Waals surface area contributed by atoms with Crippen LogP contribution in [0.25, 0.3) is 0 Å². The topological polar surface area (TPSA) is 18.5 Å². The lowest BCUT2D eigenvalue weighted by Gasteiger charge is -2.17. The van der Waals surface area contributed by atoms with Gasteiger partial charge in [-0.15, -0.1) is 6.42 Å². The van der Waals surface area contributed by atoms with Gasteiger partial charge in [-0.2, -0.15) is 0 Å². The molecule has 1 aliphatic heterocycles. The molecule has 0 unspecified atom stereocenters. The second-order valence-corrected chi connectivity index (χ2v) is 3.84. The zero-order valence-corrected chi connectivity index (χ0v) is 8.33. The van der Waals surface area contributed by atoms with Crippen LogP contribution in [0.4, 0.5) is 0 Å². The summed E-state index contributed by atoms with van der Waals surface area (Å²) in [6, 6.07) is 5.83. The van der Waals surface area contributed by atoms with Crippen molar-refractivity contribution in [2.75, 3.05) is 6.79 Å². The highest BCUT2D eigenvalue weighted by molar-refractivity contribution is 5.48. The van der Waals surface area contributed by atoms with E-state index in [-0.39, 0.29) is 5.41 Å². The van der Waals surface area contributed by atoms with E-state index in [1.54, 1.807) is 0 Å². The van der Waals surface area contributed by atoms with Gasteiger partial charge in [-0.25, -0.2) is 0 Å². The number of benzene rings is 1. The Hall–Kier alpha value is -1.62. The van der Waals surface area contributed by atoms with E-state index >= 15 is 0 Å². The monoisotopic (exact) mass is 188 g/mol. The standard InChI is InChI=1S/C12H12O2/c1-4-12(2,3)9-5-6-10-11(7-9)14-8-13-10/h1,5-7H,8H2,2-3H3. The van der Waals surface area contributed by atoms with E-state index in [2.05, 4.69) is 5.92 Å². The average Bonchev–Trinajstić information content (AvgIpc) is 2.64. The molecule has 2 rings (SSSR count). The molecule has 0 saturated heterocycles. The molecular weight excluding hydrogens is 176 g/mol. The lowest BCUT2D eigenvalue weighted by atomic mass is 9.85. The van der Waals surface area contributed by atoms with Gasteiger partial charge in [0.05, 0.1) is 5.41 Å². The van der Waals surface area contributed by atoms with Crippen molar-refractivity contribution in [1.29, 1.82) is 0 Å². The normalized spacial score (nSPS) is 13.8. The summed E-state index contributed by atoms with van der Waals surface area (Å²) in [4.78, 5) is 0. The third-order valence-electron chi connectivity index (χ3n) is 2.46. The smallest absolute Gasteiger partial charge is 0.231 e. The lowest BCUT2D eigenvalue weighted by molar-refractivity contribution is 0.174. The van der Waals surface area contributed by atoms with Crippen molar-refractivity contribution >= 4 is 0 Å². The van der Waals surface area contributed by atoms with Crippen LogP contribution in [-0.4, -0.2) is 6.79 Å². The number of terminal acetylenes is 1. The number of rotatable bonds is 1. The first-order chi connectivity index (χ1) is 6.63. The predicted octanol–water partition coefficient (Wildman–Crippen LogP) is 2.33. The summed E-state index contributed by atoms with van der Waals surface area (Å²) in [6.45, 7) is 4.31. The summed E-state index contributed by atoms with van der Waals surface area (Å²) in [5.74, 6) is 4.33. The van der Waals surface area contributed by atoms with Gasteiger partial charge < -0.3 is 9.47 Å². The van der Waals surface area contributed by atoms with Crippen LogP contribution in [0.5, 0.6) is 11.5 Å². The maximum atomic E-state index is 5.46. The quantitative estimate of drug-likeness (QED) is 0.630. The fourth-order valence-electron chi connectivity index (χ4n) is 1.37. The van der Waals surface area contributed by atoms with Crippen LogP contribution in [0.2, 0.25) is 0 Å². The summed E-state index contributed by atoms with van der Waals surface area (Å²) in [7, 11) is 0. The Morgan fingerprint density at radius 2 is 2.00 bits per heavy atom. The molecule has 14 heavy (non-hydrogen) atoms. The van der Waals surface area contributed by atoms with Crippen LogP contribution >= 0.6 is 0 Å². The van der Waals surface area contributed by atoms with Crippen molar-refractivity contribution in [1.82, 2.24) is 0 Å². The summed E-state index contributed by atoms with van der Waals surface area (Å²) in [5.41, 5.74) is 0.810. The van der Waals surface area contributed by atoms with Gasteiger partial charge >= 0.3 is 0 Å². The summed E-state index contributed by atoms with van der Waals surface area (Å²) in [6.07, 6.45) is 5.46. The third kappa shape index (κ3) is 1.31. The van der Waals surface area contributed by atoms with E-state index in [1.165, 1.54) is 0 Å². The number of hydrogen-bond donors (Lipinski definition) is 0. The molecule has 0 N–H and O–H groups in total. The van der Waals surface area contributed by atoms with E-state index in [4.69, 9.17) is 15.9 Å². The Morgan fingerprint density at radius 3 is 2.71 bits per heavy atom. The Bertz CT molecular complexity index is 399. The highest BCUT2D eigenvalue weighted by Crippen LogP contribution is 2.35. The van der Waals surface area contributed by atoms with Crippen LogP contribution in [0, 0.1) is 12.3 Å². The first kappa shape index (κ1) is 8.96. The van der Waals surface area contributed by atoms with Crippen molar-refractivity contribution in [3.05, 3.63) is 23.8 Å². The zero-order valence-electron chi connectivity index (χ0n) is 8.33. The van der Waals surface area contributed by atoms with E-state index < -0.39 is 0 Å². The van der Waals surface area contributed by atoms with Crippen molar-refractivity contribution in [2.45, 2.75) is 19.3 Å². The first-order valence-corrected chi connectivity index (χ1v) is 4.51. The minimum absolute atomic E-state index is 0.263. The highest BCUT2D eigenvalue weighted by atomic mass is 16.7. The minimum atomic E-state index is -0.263. The van der Waals surface area contributed by atoms with Crippen LogP contribution < -0.4 is 9.47 Å². The Balaban J connectivity index is 2.44. The molecule has 0 fully saturated rings. The molecule has 0 aromatic heterocycles. The van der Waals surface area contributed by atoms with Crippen LogP contribution in [-0.2, 0) is 5.41 Å². The summed E-state index contributed by atoms with van der Waals surface area (Å²) in [5, 5.41) is 0. The van der Waals surface area contributed by atoms with Gasteiger partial charge in [0.2, 0.25) is 6.79 Å².